The number of hydrogen-bond donors (Lipinski definition) is 10. The van der Waals surface area contributed by atoms with E-state index in [0.29, 0.717) is 155 Å². The van der Waals surface area contributed by atoms with E-state index in [-0.39, 0.29) is 141 Å². The van der Waals surface area contributed by atoms with E-state index in [2.05, 4.69) is 71.6 Å². The van der Waals surface area contributed by atoms with Gasteiger partial charge in [-0.3, -0.25) is 58.8 Å². The van der Waals surface area contributed by atoms with E-state index in [1.807, 2.05) is 32.9 Å². The van der Waals surface area contributed by atoms with E-state index >= 15 is 0 Å². The number of hydrogen-bond acceptors (Lipinski definition) is 30. The summed E-state index contributed by atoms with van der Waals surface area (Å²) in [5.41, 5.74) is 19.8. The molecule has 3 aliphatic heterocycles. The number of nitrogens with zero attached hydrogens (tertiary/aromatic N) is 5. The number of carbonyl (C=O) groups excluding carboxylic acids is 8. The molecule has 4 amide bonds. The van der Waals surface area contributed by atoms with Crippen LogP contribution in [0.1, 0.15) is 136 Å². The number of nitrogens with one attached hydrogen (secondary N) is 7. The van der Waals surface area contributed by atoms with Crippen LogP contribution in [0.2, 0.25) is 0 Å². The van der Waals surface area contributed by atoms with Crippen LogP contribution in [0.4, 0.5) is 16.4 Å². The van der Waals surface area contributed by atoms with Crippen molar-refractivity contribution in [2.75, 3.05) is 142 Å². The van der Waals surface area contributed by atoms with Gasteiger partial charge in [-0.1, -0.05) is 42.4 Å². The Morgan fingerprint density at radius 3 is 1.88 bits per heavy atom. The van der Waals surface area contributed by atoms with Gasteiger partial charge < -0.3 is 84.2 Å². The molecule has 0 spiro atoms. The zero-order valence-electron chi connectivity index (χ0n) is 67.8. The summed E-state index contributed by atoms with van der Waals surface area (Å²) in [6.07, 6.45) is 8.08. The predicted octanol–water partition coefficient (Wildman–Crippen LogP) is 6.60. The van der Waals surface area contributed by atoms with Crippen LogP contribution in [0.15, 0.2) is 90.6 Å². The van der Waals surface area contributed by atoms with Gasteiger partial charge in [0.2, 0.25) is 17.8 Å². The van der Waals surface area contributed by atoms with Crippen molar-refractivity contribution in [2.24, 2.45) is 39.6 Å². The topological polar surface area (TPSA) is 502 Å². The number of ether oxygens (including phenoxy) is 10. The Morgan fingerprint density at radius 2 is 1.27 bits per heavy atom. The predicted molar refractivity (Wildman–Crippen MR) is 441 cm³/mol. The Kier molecular flexibility index (Phi) is 36.6. The Morgan fingerprint density at radius 1 is 0.664 bits per heavy atom. The summed E-state index contributed by atoms with van der Waals surface area (Å²) in [7, 11) is 3.62. The van der Waals surface area contributed by atoms with Crippen LogP contribution in [-0.4, -0.2) is 249 Å². The number of aliphatic imine (C=N–C) groups is 2. The smallest absolute Gasteiger partial charge is 0.426 e. The standard InChI is InChI=1S/C81H105N13O23S2/c1-8-55-46(3)59-41-63-67(49(6)95)48(5)61(87-63)40-60-47(4)56(71(89-60)69-57-38-51(39-62(55)86-59)45(2)68(57)73(99)70(69)79(106)108-7)16-18-66(98)93-94-81(107)117-36-37-118-119-44-64(78(104)105)88-65(97)19-21-110-23-25-112-27-29-114-31-33-116-35-34-115-32-30-113-28-26-111-24-22-109-20-9-10-54(96)15-17-58(77(102)103)90-75(100)50-11-13-52(14-12-50)83-42-53-43-84-74-72(85-53)76(101)92-80(82)91-74/h11-14,39-41,43,46-47,55-56,58,64,70,83,87H,8-10,15-38,42,44H2,1-7H3,(H,88,97)(H,90,100)(H,93,98)(H,94,107)(H,102,103)(H,104,105)(H3,82,84,91,92,101)/t46-,47+,55-,56+,58+,64+,70?/m1/s1. The highest BCUT2D eigenvalue weighted by atomic mass is 33.1. The number of H-pyrrole nitrogens is 2. The SMILES string of the molecule is CC[C@H]1C2=NC(=Cc3[nH]c(c(C)c3C(C)=O)C=C3N=C(C4=C5CC(=C2)C(C)=C5C(=O)C4C(=O)OC)[C@@H](CCC(=O)NNC(=O)OCCSSC[C@H](NC(=O)CCOCCOCCOCCOCCOCCOCCOCCOCCCC(=O)CC[C@H](NC(=O)c2ccc(NCc4cnc5nc(N)[nH]c(=O)c5n4)cc2)C(=O)O)C(=O)O)[C@@H]3C)[C@@H]1C. The van der Waals surface area contributed by atoms with Crippen LogP contribution in [-0.2, 0) is 87.5 Å². The fourth-order valence-corrected chi connectivity index (χ4v) is 16.0. The summed E-state index contributed by atoms with van der Waals surface area (Å²) >= 11 is 0. The van der Waals surface area contributed by atoms with E-state index < -0.39 is 71.2 Å². The van der Waals surface area contributed by atoms with Gasteiger partial charge in [-0.15, -0.1) is 0 Å². The molecule has 4 aromatic rings. The van der Waals surface area contributed by atoms with Crippen LogP contribution in [0.25, 0.3) is 23.3 Å². The van der Waals surface area contributed by atoms with Gasteiger partial charge in [0.25, 0.3) is 11.5 Å². The minimum Gasteiger partial charge on any atom is -0.480 e. The van der Waals surface area contributed by atoms with Gasteiger partial charge in [-0.05, 0) is 118 Å². The third-order valence-corrected chi connectivity index (χ3v) is 22.7. The summed E-state index contributed by atoms with van der Waals surface area (Å²) in [5, 5.41) is 27.6. The number of aromatic nitrogens is 5. The van der Waals surface area contributed by atoms with E-state index in [1.165, 1.54) is 43.2 Å². The number of carboxylic acids is 2. The number of nitrogen functional groups attached to an aromatic ring is 1. The number of nitrogens with two attached hydrogens (primary N) is 1. The lowest BCUT2D eigenvalue weighted by Crippen LogP contribution is -2.42. The van der Waals surface area contributed by atoms with Crippen molar-refractivity contribution < 1.29 is 106 Å². The first-order valence-electron chi connectivity index (χ1n) is 39.5. The lowest BCUT2D eigenvalue weighted by Gasteiger charge is -2.22. The fourth-order valence-electron chi connectivity index (χ4n) is 14.1. The monoisotopic (exact) mass is 1690 g/mol. The van der Waals surface area contributed by atoms with E-state index in [9.17, 15) is 63.0 Å². The van der Waals surface area contributed by atoms with Gasteiger partial charge in [-0.2, -0.15) is 4.98 Å². The van der Waals surface area contributed by atoms with Gasteiger partial charge in [0, 0.05) is 124 Å². The number of rotatable bonds is 51. The van der Waals surface area contributed by atoms with Crippen LogP contribution in [0.5, 0.6) is 0 Å². The first-order chi connectivity index (χ1) is 57.3. The number of allylic oxidation sites excluding steroid dienone is 7. The number of carbonyl (C=O) groups is 10. The van der Waals surface area contributed by atoms with Crippen LogP contribution < -0.4 is 38.1 Å². The summed E-state index contributed by atoms with van der Waals surface area (Å²) in [6, 6.07) is 3.82. The molecule has 7 atom stereocenters. The Labute approximate surface area is 695 Å². The summed E-state index contributed by atoms with van der Waals surface area (Å²) in [4.78, 5) is 170. The Balaban J connectivity index is 0.533. The van der Waals surface area contributed by atoms with E-state index in [1.54, 1.807) is 12.1 Å². The second-order valence-electron chi connectivity index (χ2n) is 28.5. The molecule has 9 rings (SSSR count). The number of amides is 4. The molecule has 2 aliphatic carbocycles. The van der Waals surface area contributed by atoms with Crippen LogP contribution in [0.3, 0.4) is 0 Å². The van der Waals surface area contributed by atoms with Crippen molar-refractivity contribution >= 4 is 127 Å². The number of aromatic amines is 2. The van der Waals surface area contributed by atoms with E-state index in [0.717, 1.165) is 45.3 Å². The molecule has 644 valence electrons. The lowest BCUT2D eigenvalue weighted by molar-refractivity contribution is -0.146. The Bertz CT molecular complexity index is 4610. The Hall–Kier alpha value is -10.2. The first kappa shape index (κ1) is 92.7. The molecule has 119 heavy (non-hydrogen) atoms. The number of ketones is 3. The molecular formula is C81H105N13O23S2. The van der Waals surface area contributed by atoms with Crippen molar-refractivity contribution in [1.82, 2.24) is 46.4 Å². The van der Waals surface area contributed by atoms with Gasteiger partial charge in [0.05, 0.1) is 130 Å². The summed E-state index contributed by atoms with van der Waals surface area (Å²) < 4.78 is 54.7. The first-order valence-corrected chi connectivity index (χ1v) is 42.0. The highest BCUT2D eigenvalue weighted by molar-refractivity contribution is 8.76. The highest BCUT2D eigenvalue weighted by Crippen LogP contribution is 2.51. The minimum atomic E-state index is -1.28. The molecule has 1 unspecified atom stereocenters. The molecule has 6 heterocycles. The molecule has 8 bridgehead atoms. The van der Waals surface area contributed by atoms with Gasteiger partial charge in [0.1, 0.15) is 30.4 Å². The summed E-state index contributed by atoms with van der Waals surface area (Å²) in [6.45, 7) is 16.5. The number of aliphatic carboxylic acids is 2. The molecule has 11 N–H and O–H groups in total. The molecule has 5 aliphatic rings. The number of Topliss-reactive ketones (excluding diaryl/α,β-unsaturated/α-hetero) is 3. The molecule has 0 saturated carbocycles. The highest BCUT2D eigenvalue weighted by Gasteiger charge is 2.51. The number of fused-ring (bicyclic) bond motifs is 7. The second-order valence-corrected chi connectivity index (χ2v) is 31.1. The largest absolute Gasteiger partial charge is 0.480 e. The third-order valence-electron chi connectivity index (χ3n) is 20.3. The number of carboxylic acid groups (broad SMARTS) is 2. The van der Waals surface area contributed by atoms with Crippen molar-refractivity contribution in [2.45, 2.75) is 118 Å². The van der Waals surface area contributed by atoms with Gasteiger partial charge in [0.15, 0.2) is 22.7 Å². The lowest BCUT2D eigenvalue weighted by atomic mass is 9.80. The maximum Gasteiger partial charge on any atom is 0.426 e. The second kappa shape index (κ2) is 47.0. The maximum atomic E-state index is 14.5. The quantitative estimate of drug-likeness (QED) is 0.00555. The zero-order valence-corrected chi connectivity index (χ0v) is 69.4. The average Bonchev–Trinajstić information content (AvgIpc) is 1.56. The molecule has 1 aromatic carbocycles. The molecule has 0 saturated heterocycles. The van der Waals surface area contributed by atoms with E-state index in [4.69, 9.17) is 63.1 Å². The van der Waals surface area contributed by atoms with Gasteiger partial charge >= 0.3 is 24.0 Å². The number of anilines is 2. The number of methoxy groups -OCH3 is 1. The normalized spacial score (nSPS) is 17.8. The van der Waals surface area contributed by atoms with Crippen LogP contribution in [0, 0.1) is 36.5 Å². The molecule has 3 aromatic heterocycles. The van der Waals surface area contributed by atoms with Crippen molar-refractivity contribution in [3.63, 3.8) is 0 Å². The third kappa shape index (κ3) is 26.9. The van der Waals surface area contributed by atoms with Gasteiger partial charge in [-0.25, -0.2) is 29.8 Å². The van der Waals surface area contributed by atoms with Crippen molar-refractivity contribution in [3.8, 4) is 0 Å². The van der Waals surface area contributed by atoms with Crippen molar-refractivity contribution in [3.05, 3.63) is 120 Å². The molecule has 0 radical (unpaired) electrons. The fraction of sp³-hybridized carbons (Fsp3) is 0.531. The molecular weight excluding hydrogens is 1590 g/mol. The maximum absolute atomic E-state index is 14.5. The zero-order chi connectivity index (χ0) is 85.5. The molecule has 38 heteroatoms. The minimum absolute atomic E-state index is 0.00905. The number of hydrazine groups is 1. The molecule has 0 fully saturated rings. The number of benzene rings is 1. The molecule has 36 nitrogen and oxygen atoms in total. The summed E-state index contributed by atoms with van der Waals surface area (Å²) in [5.74, 6) is -7.35. The van der Waals surface area contributed by atoms with Crippen molar-refractivity contribution in [1.29, 1.82) is 0 Å². The number of esters is 1. The average molecular weight is 1690 g/mol. The van der Waals surface area contributed by atoms with Crippen LogP contribution >= 0.6 is 21.6 Å².